The van der Waals surface area contributed by atoms with Crippen LogP contribution in [-0.2, 0) is 6.42 Å². The number of fused-ring (bicyclic) bond motifs is 1. The monoisotopic (exact) mass is 194 g/mol. The van der Waals surface area contributed by atoms with Gasteiger partial charge in [-0.15, -0.1) is 11.6 Å². The molecule has 1 N–H and O–H groups in total. The van der Waals surface area contributed by atoms with Crippen LogP contribution in [0, 0.1) is 0 Å². The number of halogens is 1. The van der Waals surface area contributed by atoms with Crippen LogP contribution in [0.15, 0.2) is 24.3 Å². The lowest BCUT2D eigenvalue weighted by Crippen LogP contribution is -1.98. The van der Waals surface area contributed by atoms with Crippen molar-refractivity contribution in [2.75, 3.05) is 0 Å². The van der Waals surface area contributed by atoms with Gasteiger partial charge in [-0.3, -0.25) is 0 Å². The first kappa shape index (κ1) is 8.57. The van der Waals surface area contributed by atoms with Gasteiger partial charge in [-0.1, -0.05) is 12.1 Å². The summed E-state index contributed by atoms with van der Waals surface area (Å²) < 4.78 is 0. The molecule has 2 rings (SSSR count). The van der Waals surface area contributed by atoms with E-state index >= 15 is 0 Å². The van der Waals surface area contributed by atoms with E-state index in [1.165, 1.54) is 0 Å². The molecule has 1 atom stereocenters. The summed E-state index contributed by atoms with van der Waals surface area (Å²) in [6.45, 7) is 1.97. The molecule has 1 aromatic heterocycles. The number of H-pyrrole nitrogens is 1. The van der Waals surface area contributed by atoms with E-state index in [1.54, 1.807) is 0 Å². The smallest absolute Gasteiger partial charge is 0.108 e. The van der Waals surface area contributed by atoms with Gasteiger partial charge in [0.15, 0.2) is 0 Å². The number of para-hydroxylation sites is 2. The molecule has 3 heteroatoms. The maximum absolute atomic E-state index is 5.88. The third-order valence-electron chi connectivity index (χ3n) is 1.91. The van der Waals surface area contributed by atoms with Crippen LogP contribution in [-0.4, -0.2) is 15.3 Å². The largest absolute Gasteiger partial charge is 0.342 e. The number of aromatic amines is 1. The summed E-state index contributed by atoms with van der Waals surface area (Å²) in [6.07, 6.45) is 0.788. The molecule has 0 aliphatic rings. The lowest BCUT2D eigenvalue weighted by atomic mass is 10.3. The van der Waals surface area contributed by atoms with E-state index in [-0.39, 0.29) is 5.38 Å². The molecule has 0 unspecified atom stereocenters. The van der Waals surface area contributed by atoms with Crippen LogP contribution < -0.4 is 0 Å². The number of rotatable bonds is 2. The average Bonchev–Trinajstić information content (AvgIpc) is 2.44. The zero-order chi connectivity index (χ0) is 9.26. The van der Waals surface area contributed by atoms with E-state index < -0.39 is 0 Å². The molecular weight excluding hydrogens is 184 g/mol. The van der Waals surface area contributed by atoms with Crippen molar-refractivity contribution in [2.24, 2.45) is 0 Å². The van der Waals surface area contributed by atoms with Crippen LogP contribution >= 0.6 is 11.6 Å². The third-order valence-corrected chi connectivity index (χ3v) is 2.07. The fraction of sp³-hybridized carbons (Fsp3) is 0.300. The fourth-order valence-corrected chi connectivity index (χ4v) is 1.51. The van der Waals surface area contributed by atoms with Crippen molar-refractivity contribution >= 4 is 22.6 Å². The van der Waals surface area contributed by atoms with E-state index in [4.69, 9.17) is 11.6 Å². The molecule has 68 valence electrons. The Balaban J connectivity index is 2.38. The SMILES string of the molecule is C[C@@H](Cl)Cc1nc2ccccc2[nH]1. The summed E-state index contributed by atoms with van der Waals surface area (Å²) in [5.74, 6) is 0.962. The average molecular weight is 195 g/mol. The molecule has 0 bridgehead atoms. The maximum Gasteiger partial charge on any atom is 0.108 e. The molecule has 1 aromatic carbocycles. The number of benzene rings is 1. The highest BCUT2D eigenvalue weighted by molar-refractivity contribution is 6.20. The second-order valence-corrected chi connectivity index (χ2v) is 3.93. The number of aromatic nitrogens is 2. The first-order valence-electron chi connectivity index (χ1n) is 4.33. The van der Waals surface area contributed by atoms with Gasteiger partial charge in [0.25, 0.3) is 0 Å². The topological polar surface area (TPSA) is 28.7 Å². The van der Waals surface area contributed by atoms with Gasteiger partial charge in [0.2, 0.25) is 0 Å². The van der Waals surface area contributed by atoms with Gasteiger partial charge in [0.05, 0.1) is 11.0 Å². The Labute approximate surface area is 81.9 Å². The Hall–Kier alpha value is -1.02. The van der Waals surface area contributed by atoms with E-state index in [2.05, 4.69) is 9.97 Å². The lowest BCUT2D eigenvalue weighted by molar-refractivity contribution is 0.870. The number of alkyl halides is 1. The summed E-state index contributed by atoms with van der Waals surface area (Å²) >= 11 is 5.88. The molecule has 0 spiro atoms. The summed E-state index contributed by atoms with van der Waals surface area (Å²) in [6, 6.07) is 7.99. The fourth-order valence-electron chi connectivity index (χ4n) is 1.37. The Bertz CT molecular complexity index is 373. The van der Waals surface area contributed by atoms with Crippen molar-refractivity contribution in [1.29, 1.82) is 0 Å². The minimum Gasteiger partial charge on any atom is -0.342 e. The summed E-state index contributed by atoms with van der Waals surface area (Å²) in [7, 11) is 0. The molecule has 0 amide bonds. The van der Waals surface area contributed by atoms with Crippen molar-refractivity contribution in [3.05, 3.63) is 30.1 Å². The molecule has 0 aliphatic carbocycles. The summed E-state index contributed by atoms with van der Waals surface area (Å²) in [4.78, 5) is 7.64. The van der Waals surface area contributed by atoms with E-state index in [0.717, 1.165) is 23.3 Å². The molecule has 0 saturated heterocycles. The first-order chi connectivity index (χ1) is 6.25. The highest BCUT2D eigenvalue weighted by Gasteiger charge is 2.04. The molecule has 2 nitrogen and oxygen atoms in total. The van der Waals surface area contributed by atoms with E-state index in [1.807, 2.05) is 31.2 Å². The first-order valence-corrected chi connectivity index (χ1v) is 4.77. The molecule has 13 heavy (non-hydrogen) atoms. The van der Waals surface area contributed by atoms with E-state index in [9.17, 15) is 0 Å². The Morgan fingerprint density at radius 1 is 1.46 bits per heavy atom. The Morgan fingerprint density at radius 3 is 2.92 bits per heavy atom. The van der Waals surface area contributed by atoms with Gasteiger partial charge in [-0.25, -0.2) is 4.98 Å². The second-order valence-electron chi connectivity index (χ2n) is 3.19. The minimum atomic E-state index is 0.126. The standard InChI is InChI=1S/C10H11ClN2/c1-7(11)6-10-12-8-4-2-3-5-9(8)13-10/h2-5,7H,6H2,1H3,(H,12,13)/t7-/m1/s1. The van der Waals surface area contributed by atoms with Gasteiger partial charge in [-0.2, -0.15) is 0 Å². The van der Waals surface area contributed by atoms with Crippen LogP contribution in [0.25, 0.3) is 11.0 Å². The van der Waals surface area contributed by atoms with Crippen molar-refractivity contribution in [1.82, 2.24) is 9.97 Å². The highest BCUT2D eigenvalue weighted by Crippen LogP contribution is 2.12. The zero-order valence-electron chi connectivity index (χ0n) is 7.42. The predicted octanol–water partition coefficient (Wildman–Crippen LogP) is 2.73. The predicted molar refractivity (Wildman–Crippen MR) is 55.1 cm³/mol. The molecule has 0 aliphatic heterocycles. The summed E-state index contributed by atoms with van der Waals surface area (Å²) in [5, 5.41) is 0.126. The normalized spacial score (nSPS) is 13.4. The number of nitrogens with zero attached hydrogens (tertiary/aromatic N) is 1. The number of hydrogen-bond acceptors (Lipinski definition) is 1. The van der Waals surface area contributed by atoms with E-state index in [0.29, 0.717) is 0 Å². The van der Waals surface area contributed by atoms with Crippen LogP contribution in [0.3, 0.4) is 0 Å². The van der Waals surface area contributed by atoms with Crippen LogP contribution in [0.1, 0.15) is 12.7 Å². The molecule has 0 radical (unpaired) electrons. The van der Waals surface area contributed by atoms with Crippen molar-refractivity contribution in [3.8, 4) is 0 Å². The number of nitrogens with one attached hydrogen (secondary N) is 1. The minimum absolute atomic E-state index is 0.126. The van der Waals surface area contributed by atoms with Gasteiger partial charge in [0.1, 0.15) is 5.82 Å². The molecule has 2 aromatic rings. The van der Waals surface area contributed by atoms with Crippen LogP contribution in [0.2, 0.25) is 0 Å². The van der Waals surface area contributed by atoms with Crippen molar-refractivity contribution < 1.29 is 0 Å². The molecule has 0 saturated carbocycles. The van der Waals surface area contributed by atoms with Crippen LogP contribution in [0.4, 0.5) is 0 Å². The lowest BCUT2D eigenvalue weighted by Gasteiger charge is -1.96. The van der Waals surface area contributed by atoms with Gasteiger partial charge >= 0.3 is 0 Å². The maximum atomic E-state index is 5.88. The number of hydrogen-bond donors (Lipinski definition) is 1. The van der Waals surface area contributed by atoms with Crippen molar-refractivity contribution in [3.63, 3.8) is 0 Å². The Kier molecular flexibility index (Phi) is 2.23. The Morgan fingerprint density at radius 2 is 2.23 bits per heavy atom. The van der Waals surface area contributed by atoms with Gasteiger partial charge in [0, 0.05) is 11.8 Å². The second kappa shape index (κ2) is 3.38. The molecule has 0 fully saturated rings. The van der Waals surface area contributed by atoms with Gasteiger partial charge < -0.3 is 4.98 Å². The zero-order valence-corrected chi connectivity index (χ0v) is 8.17. The number of imidazole rings is 1. The summed E-state index contributed by atoms with van der Waals surface area (Å²) in [5.41, 5.74) is 2.09. The van der Waals surface area contributed by atoms with Gasteiger partial charge in [-0.05, 0) is 19.1 Å². The highest BCUT2D eigenvalue weighted by atomic mass is 35.5. The van der Waals surface area contributed by atoms with Crippen molar-refractivity contribution in [2.45, 2.75) is 18.7 Å². The molecular formula is C10H11ClN2. The van der Waals surface area contributed by atoms with Crippen LogP contribution in [0.5, 0.6) is 0 Å². The third kappa shape index (κ3) is 1.83. The molecule has 1 heterocycles. The quantitative estimate of drug-likeness (QED) is 0.732.